The highest BCUT2D eigenvalue weighted by Gasteiger charge is 2.15. The molecule has 10 heteroatoms. The Kier molecular flexibility index (Phi) is 23.5. The summed E-state index contributed by atoms with van der Waals surface area (Å²) in [5.74, 6) is -2.81. The Bertz CT molecular complexity index is 406. The van der Waals surface area contributed by atoms with Crippen LogP contribution in [-0.4, -0.2) is 56.7 Å². The molecular formula is C16H31ClN2O7. The van der Waals surface area contributed by atoms with Gasteiger partial charge in [0.15, 0.2) is 0 Å². The van der Waals surface area contributed by atoms with E-state index in [1.165, 1.54) is 0 Å². The summed E-state index contributed by atoms with van der Waals surface area (Å²) in [6, 6.07) is 0. The Balaban J connectivity index is -0.000000453. The molecule has 0 spiro atoms. The number of unbranched alkanes of at least 4 members (excludes halogenated alkanes) is 2. The van der Waals surface area contributed by atoms with Crippen LogP contribution in [0.1, 0.15) is 46.5 Å². The Morgan fingerprint density at radius 1 is 0.846 bits per heavy atom. The first-order valence-electron chi connectivity index (χ1n) is 8.39. The lowest BCUT2D eigenvalue weighted by atomic mass is 10.4. The largest absolute Gasteiger partial charge is 0.465 e. The van der Waals surface area contributed by atoms with E-state index in [0.29, 0.717) is 13.2 Å². The number of halogens is 1. The lowest BCUT2D eigenvalue weighted by Crippen LogP contribution is -2.36. The SMILES string of the molecule is CCCCOC(=O)CN.CCCCOC(=O)CNC(=O)C(=O)OCC.Cl. The van der Waals surface area contributed by atoms with Crippen molar-refractivity contribution >= 4 is 36.2 Å². The van der Waals surface area contributed by atoms with E-state index in [1.807, 2.05) is 13.8 Å². The lowest BCUT2D eigenvalue weighted by Gasteiger charge is -2.05. The molecule has 0 bridgehead atoms. The van der Waals surface area contributed by atoms with Crippen molar-refractivity contribution in [1.29, 1.82) is 0 Å². The maximum atomic E-state index is 11.0. The van der Waals surface area contributed by atoms with Gasteiger partial charge in [-0.25, -0.2) is 4.79 Å². The molecule has 9 nitrogen and oxygen atoms in total. The third kappa shape index (κ3) is 20.2. The first-order chi connectivity index (χ1) is 11.9. The molecule has 0 aliphatic carbocycles. The van der Waals surface area contributed by atoms with E-state index in [0.717, 1.165) is 25.7 Å². The van der Waals surface area contributed by atoms with E-state index in [9.17, 15) is 19.2 Å². The van der Waals surface area contributed by atoms with Gasteiger partial charge in [-0.05, 0) is 19.8 Å². The van der Waals surface area contributed by atoms with Gasteiger partial charge in [-0.2, -0.15) is 0 Å². The highest BCUT2D eigenvalue weighted by Crippen LogP contribution is 1.88. The van der Waals surface area contributed by atoms with Crippen molar-refractivity contribution in [2.24, 2.45) is 5.73 Å². The molecule has 0 aromatic carbocycles. The number of rotatable bonds is 10. The Morgan fingerprint density at radius 2 is 1.35 bits per heavy atom. The van der Waals surface area contributed by atoms with Crippen molar-refractivity contribution in [2.75, 3.05) is 32.9 Å². The molecule has 0 saturated heterocycles. The number of hydrogen-bond acceptors (Lipinski definition) is 8. The molecule has 0 fully saturated rings. The second-order valence-corrected chi connectivity index (χ2v) is 4.76. The van der Waals surface area contributed by atoms with Crippen LogP contribution in [0.5, 0.6) is 0 Å². The maximum Gasteiger partial charge on any atom is 0.396 e. The second-order valence-electron chi connectivity index (χ2n) is 4.76. The summed E-state index contributed by atoms with van der Waals surface area (Å²) in [5.41, 5.74) is 4.98. The Hall–Kier alpha value is -1.87. The number of carbonyl (C=O) groups excluding carboxylic acids is 4. The second kappa shape index (κ2) is 21.2. The first kappa shape index (κ1) is 28.9. The average molecular weight is 399 g/mol. The molecule has 0 radical (unpaired) electrons. The first-order valence-corrected chi connectivity index (χ1v) is 8.39. The van der Waals surface area contributed by atoms with Gasteiger partial charge in [0.25, 0.3) is 0 Å². The van der Waals surface area contributed by atoms with Crippen LogP contribution < -0.4 is 11.1 Å². The third-order valence-corrected chi connectivity index (χ3v) is 2.54. The lowest BCUT2D eigenvalue weighted by molar-refractivity contribution is -0.155. The van der Waals surface area contributed by atoms with Crippen LogP contribution in [0.25, 0.3) is 0 Å². The summed E-state index contributed by atoms with van der Waals surface area (Å²) in [4.78, 5) is 43.2. The van der Waals surface area contributed by atoms with E-state index >= 15 is 0 Å². The zero-order valence-electron chi connectivity index (χ0n) is 15.7. The zero-order valence-corrected chi connectivity index (χ0v) is 16.5. The minimum Gasteiger partial charge on any atom is -0.465 e. The van der Waals surface area contributed by atoms with Crippen LogP contribution in [0.15, 0.2) is 0 Å². The highest BCUT2D eigenvalue weighted by atomic mass is 35.5. The number of amides is 1. The average Bonchev–Trinajstić information content (AvgIpc) is 2.60. The van der Waals surface area contributed by atoms with Crippen molar-refractivity contribution < 1.29 is 33.4 Å². The fraction of sp³-hybridized carbons (Fsp3) is 0.750. The minimum atomic E-state index is -0.996. The third-order valence-electron chi connectivity index (χ3n) is 2.54. The summed E-state index contributed by atoms with van der Waals surface area (Å²) in [7, 11) is 0. The van der Waals surface area contributed by atoms with E-state index in [2.05, 4.69) is 14.8 Å². The molecule has 26 heavy (non-hydrogen) atoms. The van der Waals surface area contributed by atoms with E-state index < -0.39 is 17.8 Å². The molecule has 3 N–H and O–H groups in total. The van der Waals surface area contributed by atoms with Crippen molar-refractivity contribution in [1.82, 2.24) is 5.32 Å². The molecule has 1 amide bonds. The van der Waals surface area contributed by atoms with E-state index in [-0.39, 0.29) is 38.1 Å². The van der Waals surface area contributed by atoms with Gasteiger partial charge >= 0.3 is 23.8 Å². The molecule has 0 heterocycles. The van der Waals surface area contributed by atoms with Crippen molar-refractivity contribution in [3.63, 3.8) is 0 Å². The summed E-state index contributed by atoms with van der Waals surface area (Å²) in [6.07, 6.45) is 3.66. The minimum absolute atomic E-state index is 0. The number of esters is 3. The van der Waals surface area contributed by atoms with Crippen molar-refractivity contribution in [2.45, 2.75) is 46.5 Å². The number of ether oxygens (including phenoxy) is 3. The van der Waals surface area contributed by atoms with Gasteiger partial charge in [0.2, 0.25) is 0 Å². The summed E-state index contributed by atoms with van der Waals surface area (Å²) in [5, 5.41) is 2.11. The molecular weight excluding hydrogens is 368 g/mol. The molecule has 154 valence electrons. The van der Waals surface area contributed by atoms with Crippen molar-refractivity contribution in [3.05, 3.63) is 0 Å². The maximum absolute atomic E-state index is 11.0. The Morgan fingerprint density at radius 3 is 1.77 bits per heavy atom. The topological polar surface area (TPSA) is 134 Å². The molecule has 0 atom stereocenters. The number of hydrogen-bond donors (Lipinski definition) is 2. The van der Waals surface area contributed by atoms with Crippen molar-refractivity contribution in [3.8, 4) is 0 Å². The van der Waals surface area contributed by atoms with Gasteiger partial charge < -0.3 is 25.3 Å². The fourth-order valence-corrected chi connectivity index (χ4v) is 1.19. The van der Waals surface area contributed by atoms with Crippen LogP contribution in [0.4, 0.5) is 0 Å². The number of nitrogens with two attached hydrogens (primary N) is 1. The molecule has 0 aromatic rings. The van der Waals surface area contributed by atoms with Gasteiger partial charge in [-0.1, -0.05) is 26.7 Å². The zero-order chi connectivity index (χ0) is 19.5. The van der Waals surface area contributed by atoms with E-state index in [4.69, 9.17) is 10.5 Å². The molecule has 0 aliphatic rings. The van der Waals surface area contributed by atoms with Gasteiger partial charge in [0.1, 0.15) is 6.54 Å². The van der Waals surface area contributed by atoms with Gasteiger partial charge in [-0.3, -0.25) is 14.4 Å². The van der Waals surface area contributed by atoms with Gasteiger partial charge in [0.05, 0.1) is 26.4 Å². The fourth-order valence-electron chi connectivity index (χ4n) is 1.19. The van der Waals surface area contributed by atoms with Crippen LogP contribution in [0, 0.1) is 0 Å². The normalized spacial score (nSPS) is 8.92. The van der Waals surface area contributed by atoms with E-state index in [1.54, 1.807) is 6.92 Å². The molecule has 0 aliphatic heterocycles. The standard InChI is InChI=1S/C10H17NO5.C6H13NO2.ClH/c1-3-5-6-16-8(12)7-11-9(13)10(14)15-4-2;1-2-3-4-9-6(8)5-7;/h3-7H2,1-2H3,(H,11,13);2-5,7H2,1H3;1H. The highest BCUT2D eigenvalue weighted by molar-refractivity contribution is 6.32. The van der Waals surface area contributed by atoms with Crippen LogP contribution in [-0.2, 0) is 33.4 Å². The monoisotopic (exact) mass is 398 g/mol. The van der Waals surface area contributed by atoms with Gasteiger partial charge in [-0.15, -0.1) is 12.4 Å². The summed E-state index contributed by atoms with van der Waals surface area (Å²) >= 11 is 0. The van der Waals surface area contributed by atoms with Gasteiger partial charge in [0, 0.05) is 0 Å². The van der Waals surface area contributed by atoms with Crippen LogP contribution >= 0.6 is 12.4 Å². The van der Waals surface area contributed by atoms with Crippen LogP contribution in [0.2, 0.25) is 0 Å². The number of nitrogens with one attached hydrogen (secondary N) is 1. The smallest absolute Gasteiger partial charge is 0.396 e. The summed E-state index contributed by atoms with van der Waals surface area (Å²) < 4.78 is 13.9. The quantitative estimate of drug-likeness (QED) is 0.238. The van der Waals surface area contributed by atoms with Crippen LogP contribution in [0.3, 0.4) is 0 Å². The predicted molar refractivity (Wildman–Crippen MR) is 97.7 cm³/mol. The summed E-state index contributed by atoms with van der Waals surface area (Å²) in [6.45, 7) is 6.21. The molecule has 0 saturated carbocycles. The molecule has 0 rings (SSSR count). The molecule has 0 unspecified atom stereocenters. The predicted octanol–water partition coefficient (Wildman–Crippen LogP) is 0.719. The Labute approximate surface area is 160 Å². The molecule has 0 aromatic heterocycles. The number of carbonyl (C=O) groups is 4.